The molecule has 2 aliphatic heterocycles. The first-order valence-corrected chi connectivity index (χ1v) is 9.67. The van der Waals surface area contributed by atoms with Crippen molar-refractivity contribution in [3.8, 4) is 0 Å². The second-order valence-corrected chi connectivity index (χ2v) is 7.35. The molecule has 0 aromatic heterocycles. The summed E-state index contributed by atoms with van der Waals surface area (Å²) in [6, 6.07) is 5.41. The quantitative estimate of drug-likeness (QED) is 0.697. The van der Waals surface area contributed by atoms with Crippen LogP contribution in [0.15, 0.2) is 18.2 Å². The average Bonchev–Trinajstić information content (AvgIpc) is 2.98. The summed E-state index contributed by atoms with van der Waals surface area (Å²) in [5.41, 5.74) is 8.71. The Morgan fingerprint density at radius 1 is 1.30 bits per heavy atom. The smallest absolute Gasteiger partial charge is 0.255 e. The largest absolute Gasteiger partial charge is 0.327 e. The number of amides is 3. The van der Waals surface area contributed by atoms with E-state index in [0.717, 1.165) is 30.6 Å². The van der Waals surface area contributed by atoms with Gasteiger partial charge in [0, 0.05) is 37.7 Å². The van der Waals surface area contributed by atoms with Crippen molar-refractivity contribution in [3.05, 3.63) is 34.9 Å². The molecule has 3 amide bonds. The normalized spacial score (nSPS) is 20.8. The van der Waals surface area contributed by atoms with Crippen molar-refractivity contribution in [2.45, 2.75) is 58.3 Å². The van der Waals surface area contributed by atoms with Gasteiger partial charge in [0.25, 0.3) is 5.91 Å². The van der Waals surface area contributed by atoms with E-state index >= 15 is 0 Å². The van der Waals surface area contributed by atoms with E-state index in [1.54, 1.807) is 4.90 Å². The summed E-state index contributed by atoms with van der Waals surface area (Å²) in [5, 5.41) is 2.34. The Balaban J connectivity index is 1.80. The standard InChI is InChI=1S/C20H28N4O3/c1-3-15(21)12-23(4-2)10-13-6-5-7-14-11-24(20(27)18(13)14)16-8-9-17(25)22-19(16)26/h5-7,15-16H,3-4,8-12,21H2,1-2H3,(H,22,25,26)/t15-,16?/m0/s1. The van der Waals surface area contributed by atoms with Crippen LogP contribution in [0.25, 0.3) is 0 Å². The molecular formula is C20H28N4O3. The highest BCUT2D eigenvalue weighted by Crippen LogP contribution is 2.30. The first-order chi connectivity index (χ1) is 12.9. The van der Waals surface area contributed by atoms with E-state index < -0.39 is 6.04 Å². The molecule has 2 aliphatic rings. The van der Waals surface area contributed by atoms with Crippen LogP contribution in [0.1, 0.15) is 54.6 Å². The van der Waals surface area contributed by atoms with Crippen LogP contribution in [-0.2, 0) is 22.7 Å². The summed E-state index contributed by atoms with van der Waals surface area (Å²) in [6.07, 6.45) is 1.56. The number of nitrogens with zero attached hydrogens (tertiary/aromatic N) is 2. The van der Waals surface area contributed by atoms with Crippen molar-refractivity contribution < 1.29 is 14.4 Å². The van der Waals surface area contributed by atoms with Gasteiger partial charge in [0.1, 0.15) is 6.04 Å². The topological polar surface area (TPSA) is 95.7 Å². The van der Waals surface area contributed by atoms with Gasteiger partial charge in [-0.05, 0) is 30.5 Å². The molecule has 0 radical (unpaired) electrons. The fraction of sp³-hybridized carbons (Fsp3) is 0.550. The zero-order valence-corrected chi connectivity index (χ0v) is 16.0. The molecule has 1 saturated heterocycles. The number of rotatable bonds is 7. The lowest BCUT2D eigenvalue weighted by Gasteiger charge is -2.29. The van der Waals surface area contributed by atoms with Crippen LogP contribution in [0.4, 0.5) is 0 Å². The molecule has 0 saturated carbocycles. The van der Waals surface area contributed by atoms with Crippen LogP contribution < -0.4 is 11.1 Å². The summed E-state index contributed by atoms with van der Waals surface area (Å²) in [4.78, 5) is 40.6. The van der Waals surface area contributed by atoms with Gasteiger partial charge >= 0.3 is 0 Å². The first-order valence-electron chi connectivity index (χ1n) is 9.67. The molecule has 1 aromatic rings. The van der Waals surface area contributed by atoms with E-state index in [-0.39, 0.29) is 30.2 Å². The maximum atomic E-state index is 13.1. The third kappa shape index (κ3) is 4.04. The third-order valence-electron chi connectivity index (χ3n) is 5.50. The maximum Gasteiger partial charge on any atom is 0.255 e. The molecule has 0 aliphatic carbocycles. The molecule has 2 atom stereocenters. The number of hydrogen-bond donors (Lipinski definition) is 2. The number of hydrogen-bond acceptors (Lipinski definition) is 5. The molecule has 0 spiro atoms. The lowest BCUT2D eigenvalue weighted by Crippen LogP contribution is -2.52. The van der Waals surface area contributed by atoms with Gasteiger partial charge in [-0.2, -0.15) is 0 Å². The molecule has 3 rings (SSSR count). The van der Waals surface area contributed by atoms with Crippen LogP contribution >= 0.6 is 0 Å². The Kier molecular flexibility index (Phi) is 5.92. The lowest BCUT2D eigenvalue weighted by atomic mass is 10.0. The van der Waals surface area contributed by atoms with Gasteiger partial charge in [0.2, 0.25) is 11.8 Å². The molecule has 7 nitrogen and oxygen atoms in total. The summed E-state index contributed by atoms with van der Waals surface area (Å²) >= 11 is 0. The van der Waals surface area contributed by atoms with Gasteiger partial charge in [-0.25, -0.2) is 0 Å². The van der Waals surface area contributed by atoms with Gasteiger partial charge in [-0.1, -0.05) is 32.0 Å². The molecule has 0 bridgehead atoms. The first kappa shape index (κ1) is 19.5. The fourth-order valence-corrected chi connectivity index (χ4v) is 3.83. The minimum atomic E-state index is -0.578. The highest BCUT2D eigenvalue weighted by atomic mass is 16.2. The van der Waals surface area contributed by atoms with Crippen molar-refractivity contribution in [2.24, 2.45) is 5.73 Å². The Hall–Kier alpha value is -2.25. The predicted molar refractivity (Wildman–Crippen MR) is 102 cm³/mol. The van der Waals surface area contributed by atoms with Crippen LogP contribution in [0.2, 0.25) is 0 Å². The van der Waals surface area contributed by atoms with Gasteiger partial charge in [-0.3, -0.25) is 24.6 Å². The number of fused-ring (bicyclic) bond motifs is 1. The number of likely N-dealkylation sites (N-methyl/N-ethyl adjacent to an activating group) is 1. The Labute approximate surface area is 159 Å². The van der Waals surface area contributed by atoms with Gasteiger partial charge in [-0.15, -0.1) is 0 Å². The minimum absolute atomic E-state index is 0.109. The second-order valence-electron chi connectivity index (χ2n) is 7.35. The van der Waals surface area contributed by atoms with Gasteiger partial charge in [0.15, 0.2) is 0 Å². The van der Waals surface area contributed by atoms with Crippen molar-refractivity contribution in [2.75, 3.05) is 13.1 Å². The third-order valence-corrected chi connectivity index (χ3v) is 5.50. The minimum Gasteiger partial charge on any atom is -0.327 e. The lowest BCUT2D eigenvalue weighted by molar-refractivity contribution is -0.136. The summed E-state index contributed by atoms with van der Waals surface area (Å²) < 4.78 is 0. The van der Waals surface area contributed by atoms with E-state index in [1.807, 2.05) is 18.2 Å². The SMILES string of the molecule is CC[C@H](N)CN(CC)Cc1cccc2c1C(=O)N(C1CCC(=O)NC1=O)C2. The molecule has 27 heavy (non-hydrogen) atoms. The zero-order chi connectivity index (χ0) is 19.6. The fourth-order valence-electron chi connectivity index (χ4n) is 3.83. The summed E-state index contributed by atoms with van der Waals surface area (Å²) in [5.74, 6) is -0.768. The number of nitrogens with two attached hydrogens (primary N) is 1. The molecule has 146 valence electrons. The number of piperidine rings is 1. The monoisotopic (exact) mass is 372 g/mol. The van der Waals surface area contributed by atoms with Crippen LogP contribution in [0.5, 0.6) is 0 Å². The predicted octanol–water partition coefficient (Wildman–Crippen LogP) is 1.01. The molecule has 7 heteroatoms. The number of benzene rings is 1. The number of carbonyl (C=O) groups excluding carboxylic acids is 3. The number of carbonyl (C=O) groups is 3. The van der Waals surface area contributed by atoms with E-state index in [9.17, 15) is 14.4 Å². The summed E-state index contributed by atoms with van der Waals surface area (Å²) in [6.45, 7) is 6.85. The molecular weight excluding hydrogens is 344 g/mol. The summed E-state index contributed by atoms with van der Waals surface area (Å²) in [7, 11) is 0. The zero-order valence-electron chi connectivity index (χ0n) is 16.0. The Morgan fingerprint density at radius 2 is 2.07 bits per heavy atom. The Bertz CT molecular complexity index is 749. The molecule has 1 unspecified atom stereocenters. The molecule has 1 aromatic carbocycles. The molecule has 2 heterocycles. The average molecular weight is 372 g/mol. The maximum absolute atomic E-state index is 13.1. The van der Waals surface area contributed by atoms with Gasteiger partial charge < -0.3 is 10.6 Å². The Morgan fingerprint density at radius 3 is 2.74 bits per heavy atom. The second kappa shape index (κ2) is 8.19. The van der Waals surface area contributed by atoms with Crippen molar-refractivity contribution >= 4 is 17.7 Å². The van der Waals surface area contributed by atoms with Gasteiger partial charge in [0.05, 0.1) is 0 Å². The van der Waals surface area contributed by atoms with E-state index in [4.69, 9.17) is 5.73 Å². The molecule has 1 fully saturated rings. The van der Waals surface area contributed by atoms with Crippen LogP contribution in [-0.4, -0.2) is 52.7 Å². The van der Waals surface area contributed by atoms with E-state index in [0.29, 0.717) is 25.1 Å². The number of nitrogens with one attached hydrogen (secondary N) is 1. The van der Waals surface area contributed by atoms with E-state index in [2.05, 4.69) is 24.1 Å². The highest BCUT2D eigenvalue weighted by molar-refractivity contribution is 6.05. The van der Waals surface area contributed by atoms with Crippen molar-refractivity contribution in [1.82, 2.24) is 15.1 Å². The van der Waals surface area contributed by atoms with E-state index in [1.165, 1.54) is 0 Å². The highest BCUT2D eigenvalue weighted by Gasteiger charge is 2.40. The van der Waals surface area contributed by atoms with Crippen molar-refractivity contribution in [1.29, 1.82) is 0 Å². The molecule has 3 N–H and O–H groups in total. The number of imide groups is 1. The van der Waals surface area contributed by atoms with Crippen molar-refractivity contribution in [3.63, 3.8) is 0 Å². The van der Waals surface area contributed by atoms with Crippen LogP contribution in [0.3, 0.4) is 0 Å². The van der Waals surface area contributed by atoms with Crippen LogP contribution in [0, 0.1) is 0 Å².